The number of fused-ring (bicyclic) bond motifs is 2. The molecule has 174 valence electrons. The van der Waals surface area contributed by atoms with Crippen molar-refractivity contribution in [1.29, 1.82) is 0 Å². The fourth-order valence-corrected chi connectivity index (χ4v) is 4.42. The lowest BCUT2D eigenvalue weighted by molar-refractivity contribution is -0.117. The molecular weight excluding hydrogens is 452 g/mol. The third-order valence-corrected chi connectivity index (χ3v) is 6.46. The minimum Gasteiger partial charge on any atom is -0.345 e. The van der Waals surface area contributed by atoms with Gasteiger partial charge in [0.2, 0.25) is 5.91 Å². The van der Waals surface area contributed by atoms with Crippen molar-refractivity contribution in [3.05, 3.63) is 73.8 Å². The second-order valence-corrected chi connectivity index (χ2v) is 8.95. The van der Waals surface area contributed by atoms with Gasteiger partial charge in [-0.1, -0.05) is 0 Å². The van der Waals surface area contributed by atoms with Crippen LogP contribution in [-0.4, -0.2) is 40.8 Å². The van der Waals surface area contributed by atoms with Crippen LogP contribution < -0.4 is 5.32 Å². The zero-order valence-electron chi connectivity index (χ0n) is 19.1. The van der Waals surface area contributed by atoms with Crippen molar-refractivity contribution in [2.75, 3.05) is 5.32 Å². The van der Waals surface area contributed by atoms with E-state index in [1.54, 1.807) is 37.2 Å². The summed E-state index contributed by atoms with van der Waals surface area (Å²) in [6.07, 6.45) is 16.2. The molecule has 3 N–H and O–H groups in total. The van der Waals surface area contributed by atoms with Crippen LogP contribution in [0.25, 0.3) is 55.7 Å². The van der Waals surface area contributed by atoms with Crippen molar-refractivity contribution in [3.63, 3.8) is 0 Å². The molecule has 0 aromatic carbocycles. The summed E-state index contributed by atoms with van der Waals surface area (Å²) in [6, 6.07) is 7.88. The smallest absolute Gasteiger partial charge is 0.227 e. The van der Waals surface area contributed by atoms with Crippen molar-refractivity contribution in [2.24, 2.45) is 5.92 Å². The van der Waals surface area contributed by atoms with Gasteiger partial charge in [0.05, 0.1) is 29.1 Å². The number of nitrogens with zero attached hydrogens (tertiary/aromatic N) is 5. The molecule has 0 aliphatic heterocycles. The molecule has 0 bridgehead atoms. The van der Waals surface area contributed by atoms with Crippen LogP contribution in [0.15, 0.2) is 73.8 Å². The van der Waals surface area contributed by atoms with Gasteiger partial charge < -0.3 is 15.3 Å². The van der Waals surface area contributed by atoms with Gasteiger partial charge in [-0.05, 0) is 42.7 Å². The van der Waals surface area contributed by atoms with Gasteiger partial charge in [-0.3, -0.25) is 19.7 Å². The second-order valence-electron chi connectivity index (χ2n) is 8.95. The van der Waals surface area contributed by atoms with Crippen molar-refractivity contribution >= 4 is 33.7 Å². The third-order valence-electron chi connectivity index (χ3n) is 6.46. The van der Waals surface area contributed by atoms with Gasteiger partial charge in [-0.25, -0.2) is 9.97 Å². The Morgan fingerprint density at radius 1 is 0.889 bits per heavy atom. The van der Waals surface area contributed by atoms with Crippen LogP contribution in [0.3, 0.4) is 0 Å². The molecule has 6 aromatic rings. The molecule has 7 rings (SSSR count). The number of imidazole rings is 1. The molecule has 0 radical (unpaired) electrons. The third kappa shape index (κ3) is 3.58. The number of rotatable bonds is 5. The topological polar surface area (TPSA) is 125 Å². The molecule has 0 unspecified atom stereocenters. The first kappa shape index (κ1) is 20.5. The first-order valence-electron chi connectivity index (χ1n) is 11.7. The Kier molecular flexibility index (Phi) is 4.60. The van der Waals surface area contributed by atoms with E-state index in [0.29, 0.717) is 5.69 Å². The van der Waals surface area contributed by atoms with Gasteiger partial charge in [-0.15, -0.1) is 0 Å². The summed E-state index contributed by atoms with van der Waals surface area (Å²) in [5, 5.41) is 3.89. The number of amides is 1. The summed E-state index contributed by atoms with van der Waals surface area (Å²) in [7, 11) is 0. The predicted molar refractivity (Wildman–Crippen MR) is 137 cm³/mol. The Hall–Kier alpha value is -4.92. The van der Waals surface area contributed by atoms with Gasteiger partial charge in [-0.2, -0.15) is 0 Å². The fraction of sp³-hybridized carbons (Fsp3) is 0.111. The quantitative estimate of drug-likeness (QED) is 0.325. The van der Waals surface area contributed by atoms with E-state index in [9.17, 15) is 4.79 Å². The number of H-pyrrole nitrogens is 2. The zero-order chi connectivity index (χ0) is 24.1. The van der Waals surface area contributed by atoms with E-state index in [0.717, 1.165) is 68.6 Å². The van der Waals surface area contributed by atoms with Gasteiger partial charge in [0.15, 0.2) is 0 Å². The van der Waals surface area contributed by atoms with E-state index in [4.69, 9.17) is 4.98 Å². The van der Waals surface area contributed by atoms with Crippen LogP contribution >= 0.6 is 0 Å². The van der Waals surface area contributed by atoms with E-state index in [2.05, 4.69) is 41.3 Å². The Bertz CT molecular complexity index is 1750. The molecule has 0 saturated heterocycles. The van der Waals surface area contributed by atoms with Crippen LogP contribution in [0.5, 0.6) is 0 Å². The number of hydrogen-bond acceptors (Lipinski definition) is 6. The monoisotopic (exact) mass is 472 g/mol. The number of aromatic amines is 2. The van der Waals surface area contributed by atoms with E-state index in [1.807, 2.05) is 30.6 Å². The minimum absolute atomic E-state index is 0.0564. The normalized spacial score (nSPS) is 13.3. The Balaban J connectivity index is 1.28. The van der Waals surface area contributed by atoms with Crippen LogP contribution in [0.1, 0.15) is 12.8 Å². The molecule has 9 nitrogen and oxygen atoms in total. The summed E-state index contributed by atoms with van der Waals surface area (Å²) in [4.78, 5) is 41.2. The highest BCUT2D eigenvalue weighted by Gasteiger charge is 2.29. The van der Waals surface area contributed by atoms with E-state index in [-0.39, 0.29) is 11.8 Å². The molecule has 6 heterocycles. The molecule has 6 aromatic heterocycles. The van der Waals surface area contributed by atoms with Crippen molar-refractivity contribution < 1.29 is 4.79 Å². The summed E-state index contributed by atoms with van der Waals surface area (Å²) in [6.45, 7) is 0. The van der Waals surface area contributed by atoms with Crippen LogP contribution in [0, 0.1) is 5.92 Å². The molecule has 1 aliphatic carbocycles. The average molecular weight is 473 g/mol. The fourth-order valence-electron chi connectivity index (χ4n) is 4.42. The van der Waals surface area contributed by atoms with E-state index in [1.165, 1.54) is 0 Å². The summed E-state index contributed by atoms with van der Waals surface area (Å²) < 4.78 is 0. The summed E-state index contributed by atoms with van der Waals surface area (Å²) in [5.41, 5.74) is 7.75. The molecule has 0 atom stereocenters. The van der Waals surface area contributed by atoms with Crippen molar-refractivity contribution in [1.82, 2.24) is 34.9 Å². The molecule has 9 heteroatoms. The Morgan fingerprint density at radius 3 is 2.58 bits per heavy atom. The first-order valence-corrected chi connectivity index (χ1v) is 11.7. The number of nitrogens with one attached hydrogen (secondary N) is 3. The average Bonchev–Trinajstić information content (AvgIpc) is 3.55. The van der Waals surface area contributed by atoms with Crippen LogP contribution in [0.2, 0.25) is 0 Å². The van der Waals surface area contributed by atoms with Gasteiger partial charge in [0.25, 0.3) is 0 Å². The maximum atomic E-state index is 12.2. The highest BCUT2D eigenvalue weighted by atomic mass is 16.2. The molecule has 36 heavy (non-hydrogen) atoms. The molecule has 0 spiro atoms. The van der Waals surface area contributed by atoms with E-state index < -0.39 is 0 Å². The summed E-state index contributed by atoms with van der Waals surface area (Å²) >= 11 is 0. The standard InChI is InChI=1S/C27H20N8O/c36-27(16-1-2-16)33-19-7-17(9-29-11-19)18-8-20-22(13-32-25(20)31-10-18)26-34-23-14-30-12-21(24(23)35-26)15-3-5-28-6-4-15/h3-14,16H,1-2H2,(H,31,32)(H,33,36)(H,34,35). The minimum atomic E-state index is 0.0564. The number of carbonyl (C=O) groups is 1. The van der Waals surface area contributed by atoms with Crippen LogP contribution in [0.4, 0.5) is 5.69 Å². The lowest BCUT2D eigenvalue weighted by atomic mass is 10.1. The van der Waals surface area contributed by atoms with Crippen molar-refractivity contribution in [2.45, 2.75) is 12.8 Å². The van der Waals surface area contributed by atoms with Gasteiger partial charge in [0.1, 0.15) is 11.5 Å². The number of pyridine rings is 4. The zero-order valence-corrected chi connectivity index (χ0v) is 19.1. The van der Waals surface area contributed by atoms with Crippen LogP contribution in [-0.2, 0) is 4.79 Å². The molecule has 1 saturated carbocycles. The maximum Gasteiger partial charge on any atom is 0.227 e. The summed E-state index contributed by atoms with van der Waals surface area (Å²) in [5.74, 6) is 0.912. The predicted octanol–water partition coefficient (Wildman–Crippen LogP) is 4.97. The van der Waals surface area contributed by atoms with Crippen molar-refractivity contribution in [3.8, 4) is 33.6 Å². The highest BCUT2D eigenvalue weighted by Crippen LogP contribution is 2.34. The molecule has 1 fully saturated rings. The Labute approximate surface area is 205 Å². The highest BCUT2D eigenvalue weighted by molar-refractivity contribution is 5.98. The number of anilines is 1. The molecular formula is C27H20N8O. The number of carbonyl (C=O) groups excluding carboxylic acids is 1. The Morgan fingerprint density at radius 2 is 1.72 bits per heavy atom. The second kappa shape index (κ2) is 8.09. The molecule has 1 aliphatic rings. The number of aromatic nitrogens is 7. The van der Waals surface area contributed by atoms with E-state index >= 15 is 0 Å². The van der Waals surface area contributed by atoms with Gasteiger partial charge in [0, 0.05) is 70.7 Å². The first-order chi connectivity index (χ1) is 17.7. The largest absolute Gasteiger partial charge is 0.345 e. The molecule has 1 amide bonds. The SMILES string of the molecule is O=C(Nc1cncc(-c2cnc3[nH]cc(-c4nc5c(-c6ccncc6)cncc5[nH]4)c3c2)c1)C1CC1. The maximum absolute atomic E-state index is 12.2. The van der Waals surface area contributed by atoms with Gasteiger partial charge >= 0.3 is 0 Å². The lowest BCUT2D eigenvalue weighted by Crippen LogP contribution is -2.13. The number of hydrogen-bond donors (Lipinski definition) is 3. The lowest BCUT2D eigenvalue weighted by Gasteiger charge is -2.07.